The van der Waals surface area contributed by atoms with E-state index in [9.17, 15) is 14.4 Å². The Morgan fingerprint density at radius 3 is 1.73 bits per heavy atom. The Kier molecular flexibility index (Phi) is 9.31. The number of allylic oxidation sites excluding steroid dienone is 2. The molecular formula is C11H16O4. The van der Waals surface area contributed by atoms with Crippen LogP contribution in [0.15, 0.2) is 24.3 Å². The van der Waals surface area contributed by atoms with E-state index < -0.39 is 11.8 Å². The Balaban J connectivity index is 0. The minimum absolute atomic E-state index is 0.0602. The average Bonchev–Trinajstić information content (AvgIpc) is 2.03. The van der Waals surface area contributed by atoms with Crippen LogP contribution in [0, 0.1) is 0 Å². The predicted octanol–water partition coefficient (Wildman–Crippen LogP) is 1.76. The van der Waals surface area contributed by atoms with Crippen molar-refractivity contribution >= 4 is 18.0 Å². The molecule has 0 atom stereocenters. The molecule has 0 rings (SSSR count). The van der Waals surface area contributed by atoms with E-state index in [1.54, 1.807) is 6.92 Å². The number of carbonyl (C=O) groups excluding carboxylic acids is 2. The maximum Gasteiger partial charge on any atom is 0.372 e. The molecule has 0 aliphatic heterocycles. The summed E-state index contributed by atoms with van der Waals surface area (Å²) in [4.78, 5) is 29.7. The number of carboxylic acid groups (broad SMARTS) is 1. The zero-order valence-electron chi connectivity index (χ0n) is 9.08. The summed E-state index contributed by atoms with van der Waals surface area (Å²) in [6.07, 6.45) is 1.29. The molecule has 4 heteroatoms. The van der Waals surface area contributed by atoms with Crippen molar-refractivity contribution in [1.29, 1.82) is 0 Å². The molecule has 0 aliphatic rings. The van der Waals surface area contributed by atoms with Gasteiger partial charge in [0.2, 0.25) is 5.78 Å². The molecule has 15 heavy (non-hydrogen) atoms. The second-order valence-electron chi connectivity index (χ2n) is 3.19. The maximum atomic E-state index is 10.3. The highest BCUT2D eigenvalue weighted by Gasteiger charge is 2.09. The van der Waals surface area contributed by atoms with Crippen molar-refractivity contribution in [2.75, 3.05) is 0 Å². The van der Waals surface area contributed by atoms with E-state index in [-0.39, 0.29) is 6.42 Å². The third-order valence-electron chi connectivity index (χ3n) is 1.13. The van der Waals surface area contributed by atoms with Crippen LogP contribution in [0.2, 0.25) is 0 Å². The van der Waals surface area contributed by atoms with Gasteiger partial charge >= 0.3 is 5.97 Å². The molecule has 0 aliphatic carbocycles. The lowest BCUT2D eigenvalue weighted by molar-refractivity contribution is -0.148. The standard InChI is InChI=1S/C6H8O3.C5H8O/c1-4(2)3-5(7)6(8)9;1-5(2)3-4-6/h1,3H2,2H3,(H,8,9);4H,1,3H2,2H3. The first-order chi connectivity index (χ1) is 6.81. The van der Waals surface area contributed by atoms with E-state index in [4.69, 9.17) is 5.11 Å². The van der Waals surface area contributed by atoms with Crippen LogP contribution in [-0.2, 0) is 14.4 Å². The number of hydrogen-bond acceptors (Lipinski definition) is 3. The molecule has 0 aromatic carbocycles. The van der Waals surface area contributed by atoms with Crippen LogP contribution in [0.1, 0.15) is 26.7 Å². The number of carbonyl (C=O) groups is 3. The van der Waals surface area contributed by atoms with Gasteiger partial charge in [0, 0.05) is 12.8 Å². The first-order valence-electron chi connectivity index (χ1n) is 4.29. The number of aldehydes is 1. The number of ketones is 1. The summed E-state index contributed by atoms with van der Waals surface area (Å²) in [5.41, 5.74) is 1.49. The molecule has 0 spiro atoms. The van der Waals surface area contributed by atoms with Crippen LogP contribution >= 0.6 is 0 Å². The SMILES string of the molecule is C=C(C)CC(=O)C(=O)O.C=C(C)CC=O. The highest BCUT2D eigenvalue weighted by Crippen LogP contribution is 1.95. The number of carboxylic acids is 1. The fourth-order valence-electron chi connectivity index (χ4n) is 0.492. The van der Waals surface area contributed by atoms with E-state index in [0.29, 0.717) is 12.0 Å². The normalized spacial score (nSPS) is 8.13. The molecule has 0 aromatic rings. The van der Waals surface area contributed by atoms with Crippen LogP contribution in [0.25, 0.3) is 0 Å². The number of rotatable bonds is 5. The lowest BCUT2D eigenvalue weighted by Gasteiger charge is -1.90. The Bertz CT molecular complexity index is 276. The highest BCUT2D eigenvalue weighted by molar-refractivity contribution is 6.33. The minimum atomic E-state index is -1.39. The van der Waals surface area contributed by atoms with Crippen LogP contribution in [0.3, 0.4) is 0 Å². The molecule has 0 amide bonds. The minimum Gasteiger partial charge on any atom is -0.475 e. The molecule has 0 saturated carbocycles. The van der Waals surface area contributed by atoms with Crippen molar-refractivity contribution in [2.45, 2.75) is 26.7 Å². The van der Waals surface area contributed by atoms with Crippen LogP contribution in [0.4, 0.5) is 0 Å². The summed E-state index contributed by atoms with van der Waals surface area (Å²) >= 11 is 0. The van der Waals surface area contributed by atoms with Gasteiger partial charge in [-0.2, -0.15) is 0 Å². The van der Waals surface area contributed by atoms with Crippen LogP contribution in [-0.4, -0.2) is 23.1 Å². The zero-order valence-corrected chi connectivity index (χ0v) is 9.08. The van der Waals surface area contributed by atoms with Gasteiger partial charge in [0.05, 0.1) is 0 Å². The number of aliphatic carboxylic acids is 1. The smallest absolute Gasteiger partial charge is 0.372 e. The molecule has 0 heterocycles. The van der Waals surface area contributed by atoms with Gasteiger partial charge in [-0.05, 0) is 13.8 Å². The van der Waals surface area contributed by atoms with Gasteiger partial charge in [-0.15, -0.1) is 0 Å². The second kappa shape index (κ2) is 8.87. The molecule has 0 aromatic heterocycles. The number of hydrogen-bond donors (Lipinski definition) is 1. The van der Waals surface area contributed by atoms with Gasteiger partial charge in [-0.1, -0.05) is 24.3 Å². The summed E-state index contributed by atoms with van der Waals surface area (Å²) in [7, 11) is 0. The summed E-state index contributed by atoms with van der Waals surface area (Å²) in [5, 5.41) is 8.04. The van der Waals surface area contributed by atoms with Gasteiger partial charge < -0.3 is 9.90 Å². The van der Waals surface area contributed by atoms with Crippen LogP contribution < -0.4 is 0 Å². The first-order valence-corrected chi connectivity index (χ1v) is 4.29. The molecular weight excluding hydrogens is 196 g/mol. The Hall–Kier alpha value is -1.71. The van der Waals surface area contributed by atoms with Crippen molar-refractivity contribution in [3.05, 3.63) is 24.3 Å². The van der Waals surface area contributed by atoms with Gasteiger partial charge in [0.25, 0.3) is 0 Å². The van der Waals surface area contributed by atoms with Gasteiger partial charge in [0.1, 0.15) is 6.29 Å². The molecule has 84 valence electrons. The Morgan fingerprint density at radius 2 is 1.67 bits per heavy atom. The summed E-state index contributed by atoms with van der Waals surface area (Å²) < 4.78 is 0. The average molecular weight is 212 g/mol. The predicted molar refractivity (Wildman–Crippen MR) is 57.6 cm³/mol. The molecule has 4 nitrogen and oxygen atoms in total. The molecule has 0 saturated heterocycles. The fraction of sp³-hybridized carbons (Fsp3) is 0.364. The van der Waals surface area contributed by atoms with Crippen molar-refractivity contribution in [1.82, 2.24) is 0 Å². The van der Waals surface area contributed by atoms with Gasteiger partial charge in [-0.25, -0.2) is 4.79 Å². The van der Waals surface area contributed by atoms with E-state index in [0.717, 1.165) is 11.9 Å². The quantitative estimate of drug-likeness (QED) is 0.428. The summed E-state index contributed by atoms with van der Waals surface area (Å²) in [6.45, 7) is 10.3. The van der Waals surface area contributed by atoms with Crippen molar-refractivity contribution in [3.8, 4) is 0 Å². The molecule has 0 fully saturated rings. The van der Waals surface area contributed by atoms with Crippen molar-refractivity contribution in [3.63, 3.8) is 0 Å². The second-order valence-corrected chi connectivity index (χ2v) is 3.19. The van der Waals surface area contributed by atoms with E-state index in [2.05, 4.69) is 13.2 Å². The third kappa shape index (κ3) is 15.1. The monoisotopic (exact) mass is 212 g/mol. The Labute approximate surface area is 89.3 Å². The first kappa shape index (κ1) is 15.7. The Morgan fingerprint density at radius 1 is 1.20 bits per heavy atom. The third-order valence-corrected chi connectivity index (χ3v) is 1.13. The molecule has 0 bridgehead atoms. The van der Waals surface area contributed by atoms with Gasteiger partial charge in [-0.3, -0.25) is 4.79 Å². The zero-order chi connectivity index (χ0) is 12.4. The van der Waals surface area contributed by atoms with Gasteiger partial charge in [0.15, 0.2) is 0 Å². The summed E-state index contributed by atoms with van der Waals surface area (Å²) in [6, 6.07) is 0. The number of Topliss-reactive ketones (excluding diaryl/α,β-unsaturated/α-hetero) is 1. The van der Waals surface area contributed by atoms with Crippen LogP contribution in [0.5, 0.6) is 0 Å². The van der Waals surface area contributed by atoms with E-state index in [1.165, 1.54) is 0 Å². The molecule has 0 radical (unpaired) electrons. The topological polar surface area (TPSA) is 71.4 Å². The lowest BCUT2D eigenvalue weighted by Crippen LogP contribution is -2.11. The van der Waals surface area contributed by atoms with E-state index >= 15 is 0 Å². The van der Waals surface area contributed by atoms with Crippen molar-refractivity contribution in [2.24, 2.45) is 0 Å². The van der Waals surface area contributed by atoms with E-state index in [1.807, 2.05) is 6.92 Å². The largest absolute Gasteiger partial charge is 0.475 e. The molecule has 0 unspecified atom stereocenters. The van der Waals surface area contributed by atoms with Crippen molar-refractivity contribution < 1.29 is 19.5 Å². The lowest BCUT2D eigenvalue weighted by atomic mass is 10.2. The summed E-state index contributed by atoms with van der Waals surface area (Å²) in [5.74, 6) is -2.19. The maximum absolute atomic E-state index is 10.3. The molecule has 1 N–H and O–H groups in total. The fourth-order valence-corrected chi connectivity index (χ4v) is 0.492. The highest BCUT2D eigenvalue weighted by atomic mass is 16.4.